The van der Waals surface area contributed by atoms with E-state index >= 15 is 0 Å². The molecule has 0 aliphatic carbocycles. The lowest BCUT2D eigenvalue weighted by Crippen LogP contribution is -2.44. The summed E-state index contributed by atoms with van der Waals surface area (Å²) in [7, 11) is 3.99. The first kappa shape index (κ1) is 16.7. The maximum atomic E-state index is 12.2. The Hall–Kier alpha value is -1.35. The monoisotopic (exact) mass is 294 g/mol. The molecule has 5 heteroatoms. The van der Waals surface area contributed by atoms with Crippen LogP contribution in [0, 0.1) is 17.8 Å². The second kappa shape index (κ2) is 8.05. The summed E-state index contributed by atoms with van der Waals surface area (Å²) in [6.45, 7) is 4.84. The van der Waals surface area contributed by atoms with Crippen LogP contribution in [-0.4, -0.2) is 49.2 Å². The van der Waals surface area contributed by atoms with Gasteiger partial charge in [-0.25, -0.2) is 0 Å². The first-order chi connectivity index (χ1) is 9.43. The molecule has 0 saturated carbocycles. The van der Waals surface area contributed by atoms with E-state index in [0.29, 0.717) is 11.5 Å². The number of likely N-dealkylation sites (N-methyl/N-ethyl adjacent to an activating group) is 1. The van der Waals surface area contributed by atoms with Gasteiger partial charge in [0.2, 0.25) is 0 Å². The molecule has 0 aliphatic rings. The zero-order chi connectivity index (χ0) is 15.1. The van der Waals surface area contributed by atoms with E-state index in [1.54, 1.807) is 11.4 Å². The van der Waals surface area contributed by atoms with Crippen molar-refractivity contribution >= 4 is 17.2 Å². The molecule has 0 bridgehead atoms. The number of carbonyl (C=O) groups is 1. The molecule has 20 heavy (non-hydrogen) atoms. The van der Waals surface area contributed by atoms with Crippen molar-refractivity contribution in [3.8, 4) is 11.8 Å². The van der Waals surface area contributed by atoms with Crippen LogP contribution in [0.25, 0.3) is 0 Å². The van der Waals surface area contributed by atoms with E-state index in [4.69, 9.17) is 5.11 Å². The average Bonchev–Trinajstić information content (AvgIpc) is 2.83. The molecule has 1 aromatic rings. The molecule has 1 atom stereocenters. The van der Waals surface area contributed by atoms with Crippen LogP contribution in [0.5, 0.6) is 0 Å². The largest absolute Gasteiger partial charge is 0.384 e. The quantitative estimate of drug-likeness (QED) is 0.807. The summed E-state index contributed by atoms with van der Waals surface area (Å²) in [5.41, 5.74) is 0.627. The number of rotatable bonds is 5. The Morgan fingerprint density at radius 2 is 2.20 bits per heavy atom. The number of amides is 1. The van der Waals surface area contributed by atoms with Crippen LogP contribution < -0.4 is 5.32 Å². The Bertz CT molecular complexity index is 497. The van der Waals surface area contributed by atoms with E-state index in [1.165, 1.54) is 11.3 Å². The van der Waals surface area contributed by atoms with Crippen LogP contribution in [0.1, 0.15) is 29.1 Å². The molecular formula is C15H22N2O2S. The molecule has 1 heterocycles. The number of aliphatic hydroxyl groups is 1. The Kier molecular flexibility index (Phi) is 6.73. The van der Waals surface area contributed by atoms with Gasteiger partial charge >= 0.3 is 0 Å². The summed E-state index contributed by atoms with van der Waals surface area (Å²) in [5.74, 6) is 5.69. The van der Waals surface area contributed by atoms with Crippen LogP contribution in [0.3, 0.4) is 0 Å². The lowest BCUT2D eigenvalue weighted by atomic mass is 10.0. The molecule has 1 amide bonds. The van der Waals surface area contributed by atoms with Gasteiger partial charge in [-0.1, -0.05) is 25.7 Å². The fraction of sp³-hybridized carbons (Fsp3) is 0.533. The normalized spacial score (nSPS) is 12.2. The highest BCUT2D eigenvalue weighted by Crippen LogP contribution is 2.14. The van der Waals surface area contributed by atoms with Gasteiger partial charge in [0, 0.05) is 18.0 Å². The lowest BCUT2D eigenvalue weighted by molar-refractivity contribution is 0.0917. The van der Waals surface area contributed by atoms with Gasteiger partial charge in [0.25, 0.3) is 5.91 Å². The summed E-state index contributed by atoms with van der Waals surface area (Å²) in [5, 5.41) is 13.5. The van der Waals surface area contributed by atoms with Gasteiger partial charge in [0.1, 0.15) is 6.61 Å². The van der Waals surface area contributed by atoms with E-state index in [0.717, 1.165) is 11.4 Å². The molecule has 0 radical (unpaired) electrons. The van der Waals surface area contributed by atoms with Crippen molar-refractivity contribution in [2.75, 3.05) is 27.2 Å². The van der Waals surface area contributed by atoms with E-state index in [1.807, 2.05) is 14.1 Å². The molecule has 0 fully saturated rings. The minimum Gasteiger partial charge on any atom is -0.384 e. The highest BCUT2D eigenvalue weighted by molar-refractivity contribution is 7.10. The van der Waals surface area contributed by atoms with Crippen molar-refractivity contribution in [3.63, 3.8) is 0 Å². The smallest absolute Gasteiger partial charge is 0.252 e. The van der Waals surface area contributed by atoms with Crippen molar-refractivity contribution in [3.05, 3.63) is 21.9 Å². The summed E-state index contributed by atoms with van der Waals surface area (Å²) in [4.78, 5) is 15.1. The zero-order valence-corrected chi connectivity index (χ0v) is 13.3. The highest BCUT2D eigenvalue weighted by Gasteiger charge is 2.18. The minimum atomic E-state index is -0.169. The first-order valence-corrected chi connectivity index (χ1v) is 7.46. The highest BCUT2D eigenvalue weighted by atomic mass is 32.1. The molecule has 2 N–H and O–H groups in total. The number of hydrogen-bond acceptors (Lipinski definition) is 4. The zero-order valence-electron chi connectivity index (χ0n) is 12.4. The Morgan fingerprint density at radius 3 is 2.75 bits per heavy atom. The van der Waals surface area contributed by atoms with Crippen molar-refractivity contribution in [2.45, 2.75) is 19.9 Å². The molecule has 1 rings (SSSR count). The van der Waals surface area contributed by atoms with Crippen LogP contribution in [0.15, 0.2) is 11.4 Å². The maximum Gasteiger partial charge on any atom is 0.252 e. The number of nitrogens with zero attached hydrogens (tertiary/aromatic N) is 1. The molecule has 1 aromatic heterocycles. The average molecular weight is 294 g/mol. The lowest BCUT2D eigenvalue weighted by Gasteiger charge is -2.25. The molecule has 0 aliphatic heterocycles. The molecule has 0 saturated heterocycles. The van der Waals surface area contributed by atoms with Gasteiger partial charge in [-0.3, -0.25) is 4.79 Å². The predicted molar refractivity (Wildman–Crippen MR) is 82.9 cm³/mol. The molecule has 0 aromatic carbocycles. The minimum absolute atomic E-state index is 0.0705. The molecule has 1 unspecified atom stereocenters. The second-order valence-corrected chi connectivity index (χ2v) is 6.16. The summed E-state index contributed by atoms with van der Waals surface area (Å²) in [6.07, 6.45) is 0. The number of nitrogens with one attached hydrogen (secondary N) is 1. The molecule has 4 nitrogen and oxygen atoms in total. The molecule has 0 spiro atoms. The fourth-order valence-electron chi connectivity index (χ4n) is 1.72. The van der Waals surface area contributed by atoms with Crippen molar-refractivity contribution in [1.29, 1.82) is 0 Å². The summed E-state index contributed by atoms with van der Waals surface area (Å²) < 4.78 is 0. The fourth-order valence-corrected chi connectivity index (χ4v) is 2.47. The number of carbonyl (C=O) groups excluding carboxylic acids is 1. The Labute approximate surface area is 124 Å². The maximum absolute atomic E-state index is 12.2. The third-order valence-corrected chi connectivity index (χ3v) is 3.68. The van der Waals surface area contributed by atoms with Gasteiger partial charge in [-0.05, 0) is 26.1 Å². The molecule has 110 valence electrons. The van der Waals surface area contributed by atoms with Crippen molar-refractivity contribution < 1.29 is 9.90 Å². The van der Waals surface area contributed by atoms with Gasteiger partial charge in [-0.15, -0.1) is 11.3 Å². The SMILES string of the molecule is CC(C)C(CN(C)C)NC(=O)c1csc(C#CCO)c1. The van der Waals surface area contributed by atoms with Crippen LogP contribution in [0.4, 0.5) is 0 Å². The standard InChI is InChI=1S/C15H22N2O2S/c1-11(2)14(9-17(3)4)16-15(19)12-8-13(20-10-12)6-5-7-18/h8,10-11,14,18H,7,9H2,1-4H3,(H,16,19). The molecular weight excluding hydrogens is 272 g/mol. The van der Waals surface area contributed by atoms with Crippen LogP contribution in [-0.2, 0) is 0 Å². The topological polar surface area (TPSA) is 52.6 Å². The predicted octanol–water partition coefficient (Wildman–Crippen LogP) is 1.41. The van der Waals surface area contributed by atoms with E-state index in [9.17, 15) is 4.79 Å². The van der Waals surface area contributed by atoms with Crippen molar-refractivity contribution in [2.24, 2.45) is 5.92 Å². The number of hydrogen-bond donors (Lipinski definition) is 2. The van der Waals surface area contributed by atoms with Gasteiger partial charge in [0.05, 0.1) is 10.4 Å². The Balaban J connectivity index is 2.71. The van der Waals surface area contributed by atoms with Gasteiger partial charge < -0.3 is 15.3 Å². The first-order valence-electron chi connectivity index (χ1n) is 6.58. The van der Waals surface area contributed by atoms with E-state index in [2.05, 4.69) is 35.9 Å². The Morgan fingerprint density at radius 1 is 1.50 bits per heavy atom. The van der Waals surface area contributed by atoms with Gasteiger partial charge in [0.15, 0.2) is 0 Å². The van der Waals surface area contributed by atoms with Crippen molar-refractivity contribution in [1.82, 2.24) is 10.2 Å². The summed E-state index contributed by atoms with van der Waals surface area (Å²) in [6, 6.07) is 1.87. The van der Waals surface area contributed by atoms with Crippen LogP contribution >= 0.6 is 11.3 Å². The number of aliphatic hydroxyl groups excluding tert-OH is 1. The number of thiophene rings is 1. The summed E-state index contributed by atoms with van der Waals surface area (Å²) >= 11 is 1.41. The third kappa shape index (κ3) is 5.33. The van der Waals surface area contributed by atoms with E-state index < -0.39 is 0 Å². The van der Waals surface area contributed by atoms with E-state index in [-0.39, 0.29) is 18.6 Å². The third-order valence-electron chi connectivity index (χ3n) is 2.84. The second-order valence-electron chi connectivity index (χ2n) is 5.25. The van der Waals surface area contributed by atoms with Gasteiger partial charge in [-0.2, -0.15) is 0 Å². The van der Waals surface area contributed by atoms with Crippen LogP contribution in [0.2, 0.25) is 0 Å².